The van der Waals surface area contributed by atoms with Gasteiger partial charge in [0.25, 0.3) is 5.91 Å². The molecule has 2 atom stereocenters. The van der Waals surface area contributed by atoms with Crippen molar-refractivity contribution in [2.24, 2.45) is 7.05 Å². The Bertz CT molecular complexity index is 811. The minimum atomic E-state index is -0.929. The molecule has 27 heavy (non-hydrogen) atoms. The highest BCUT2D eigenvalue weighted by atomic mass is 16.5. The topological polar surface area (TPSA) is 77.4 Å². The molecule has 0 saturated heterocycles. The molecule has 0 aliphatic carbocycles. The van der Waals surface area contributed by atoms with Gasteiger partial charge in [0.15, 0.2) is 11.9 Å². The summed E-state index contributed by atoms with van der Waals surface area (Å²) in [7, 11) is 1.65. The second kappa shape index (κ2) is 9.16. The number of rotatable bonds is 8. The first-order valence-electron chi connectivity index (χ1n) is 9.04. The summed E-state index contributed by atoms with van der Waals surface area (Å²) < 4.78 is 6.78. The maximum Gasteiger partial charge on any atom is 0.355 e. The molecule has 1 heterocycles. The van der Waals surface area contributed by atoms with Gasteiger partial charge in [-0.05, 0) is 31.9 Å². The van der Waals surface area contributed by atoms with Crippen LogP contribution < -0.4 is 5.32 Å². The molecular formula is C21H26N2O4. The average molecular weight is 370 g/mol. The highest BCUT2D eigenvalue weighted by Gasteiger charge is 2.22. The van der Waals surface area contributed by atoms with Crippen LogP contribution in [0.5, 0.6) is 0 Å². The lowest BCUT2D eigenvalue weighted by Crippen LogP contribution is -2.38. The fourth-order valence-corrected chi connectivity index (χ4v) is 2.83. The zero-order valence-electron chi connectivity index (χ0n) is 16.2. The number of nitrogens with zero attached hydrogens (tertiary/aromatic N) is 1. The van der Waals surface area contributed by atoms with Crippen LogP contribution in [0.25, 0.3) is 0 Å². The number of hydrogen-bond donors (Lipinski definition) is 1. The molecule has 0 spiro atoms. The normalized spacial score (nSPS) is 12.9. The predicted octanol–water partition coefficient (Wildman–Crippen LogP) is 3.08. The van der Waals surface area contributed by atoms with E-state index in [4.69, 9.17) is 4.74 Å². The van der Waals surface area contributed by atoms with Crippen molar-refractivity contribution in [3.63, 3.8) is 0 Å². The molecule has 6 heteroatoms. The summed E-state index contributed by atoms with van der Waals surface area (Å²) in [6.07, 6.45) is 1.52. The predicted molar refractivity (Wildman–Crippen MR) is 103 cm³/mol. The first-order chi connectivity index (χ1) is 12.8. The van der Waals surface area contributed by atoms with Crippen LogP contribution in [0.3, 0.4) is 0 Å². The number of aromatic nitrogens is 1. The maximum absolute atomic E-state index is 12.3. The van der Waals surface area contributed by atoms with E-state index in [0.29, 0.717) is 12.1 Å². The van der Waals surface area contributed by atoms with Crippen LogP contribution in [0.15, 0.2) is 42.6 Å². The number of ketones is 1. The number of nitrogens with one attached hydrogen (secondary N) is 1. The number of esters is 1. The van der Waals surface area contributed by atoms with Gasteiger partial charge in [0.05, 0.1) is 0 Å². The Morgan fingerprint density at radius 2 is 1.85 bits per heavy atom. The smallest absolute Gasteiger partial charge is 0.355 e. The number of carbonyl (C=O) groups is 3. The molecule has 0 radical (unpaired) electrons. The number of amides is 1. The minimum absolute atomic E-state index is 0.137. The summed E-state index contributed by atoms with van der Waals surface area (Å²) in [4.78, 5) is 36.0. The maximum atomic E-state index is 12.3. The molecular weight excluding hydrogens is 344 g/mol. The van der Waals surface area contributed by atoms with Gasteiger partial charge in [-0.25, -0.2) is 4.79 Å². The van der Waals surface area contributed by atoms with E-state index in [1.54, 1.807) is 13.2 Å². The molecule has 0 aliphatic rings. The van der Waals surface area contributed by atoms with Crippen molar-refractivity contribution in [3.05, 3.63) is 59.4 Å². The van der Waals surface area contributed by atoms with Crippen molar-refractivity contribution < 1.29 is 19.1 Å². The third-order valence-corrected chi connectivity index (χ3v) is 4.56. The lowest BCUT2D eigenvalue weighted by Gasteiger charge is -2.18. The fourth-order valence-electron chi connectivity index (χ4n) is 2.83. The van der Waals surface area contributed by atoms with E-state index in [9.17, 15) is 14.4 Å². The van der Waals surface area contributed by atoms with Crippen LogP contribution in [0.2, 0.25) is 0 Å². The first-order valence-corrected chi connectivity index (χ1v) is 9.04. The Morgan fingerprint density at radius 3 is 2.41 bits per heavy atom. The Balaban J connectivity index is 1.93. The van der Waals surface area contributed by atoms with E-state index < -0.39 is 12.1 Å². The summed E-state index contributed by atoms with van der Waals surface area (Å²) in [5.41, 5.74) is 1.82. The molecule has 0 fully saturated rings. The first kappa shape index (κ1) is 20.4. The summed E-state index contributed by atoms with van der Waals surface area (Å²) in [6.45, 7) is 5.50. The highest BCUT2D eigenvalue weighted by Crippen LogP contribution is 2.18. The molecule has 0 aliphatic heterocycles. The van der Waals surface area contributed by atoms with Gasteiger partial charge in [-0.15, -0.1) is 0 Å². The van der Waals surface area contributed by atoms with Crippen LogP contribution in [-0.4, -0.2) is 34.9 Å². The summed E-state index contributed by atoms with van der Waals surface area (Å²) in [5, 5.41) is 2.85. The minimum Gasteiger partial charge on any atom is -0.448 e. The summed E-state index contributed by atoms with van der Waals surface area (Å²) in [5.74, 6) is -0.924. The molecule has 1 N–H and O–H groups in total. The molecule has 144 valence electrons. The van der Waals surface area contributed by atoms with Gasteiger partial charge in [-0.1, -0.05) is 37.3 Å². The van der Waals surface area contributed by atoms with E-state index in [0.717, 1.165) is 12.0 Å². The zero-order chi connectivity index (χ0) is 20.0. The van der Waals surface area contributed by atoms with E-state index in [1.807, 2.05) is 30.3 Å². The molecule has 1 amide bonds. The standard InChI is InChI=1S/C21H26N2O4/c1-5-16(17-9-7-6-8-10-17)12-22-20(25)15(3)27-21(26)19-11-18(14(2)24)13-23(19)4/h6-11,13,15-16H,5,12H2,1-4H3,(H,22,25)/t15-,16-/m1/s1. The number of Topliss-reactive ketones (excluding diaryl/α,β-unsaturated/α-hetero) is 1. The Kier molecular flexibility index (Phi) is 6.93. The van der Waals surface area contributed by atoms with Gasteiger partial charge >= 0.3 is 5.97 Å². The van der Waals surface area contributed by atoms with Gasteiger partial charge in [0.2, 0.25) is 0 Å². The molecule has 0 saturated carbocycles. The number of carbonyl (C=O) groups excluding carboxylic acids is 3. The molecule has 0 unspecified atom stereocenters. The van der Waals surface area contributed by atoms with E-state index >= 15 is 0 Å². The number of hydrogen-bond acceptors (Lipinski definition) is 4. The lowest BCUT2D eigenvalue weighted by atomic mass is 9.96. The van der Waals surface area contributed by atoms with Gasteiger partial charge in [-0.2, -0.15) is 0 Å². The van der Waals surface area contributed by atoms with Gasteiger partial charge in [0, 0.05) is 31.3 Å². The molecule has 1 aromatic heterocycles. The molecule has 2 aromatic rings. The van der Waals surface area contributed by atoms with Crippen molar-refractivity contribution >= 4 is 17.7 Å². The lowest BCUT2D eigenvalue weighted by molar-refractivity contribution is -0.129. The second-order valence-corrected chi connectivity index (χ2v) is 6.59. The van der Waals surface area contributed by atoms with Crippen molar-refractivity contribution in [1.29, 1.82) is 0 Å². The van der Waals surface area contributed by atoms with Crippen LogP contribution in [0, 0.1) is 0 Å². The zero-order valence-corrected chi connectivity index (χ0v) is 16.2. The Morgan fingerprint density at radius 1 is 1.19 bits per heavy atom. The van der Waals surface area contributed by atoms with Crippen molar-refractivity contribution in [1.82, 2.24) is 9.88 Å². The highest BCUT2D eigenvalue weighted by molar-refractivity contribution is 5.98. The van der Waals surface area contributed by atoms with Crippen LogP contribution >= 0.6 is 0 Å². The third-order valence-electron chi connectivity index (χ3n) is 4.56. The van der Waals surface area contributed by atoms with Crippen LogP contribution in [-0.2, 0) is 16.6 Å². The third kappa shape index (κ3) is 5.29. The van der Waals surface area contributed by atoms with Crippen molar-refractivity contribution in [2.45, 2.75) is 39.2 Å². The van der Waals surface area contributed by atoms with Crippen LogP contribution in [0.4, 0.5) is 0 Å². The molecule has 6 nitrogen and oxygen atoms in total. The van der Waals surface area contributed by atoms with E-state index in [1.165, 1.54) is 24.5 Å². The molecule has 1 aromatic carbocycles. The Hall–Kier alpha value is -2.89. The summed E-state index contributed by atoms with van der Waals surface area (Å²) >= 11 is 0. The summed E-state index contributed by atoms with van der Waals surface area (Å²) in [6, 6.07) is 11.4. The quantitative estimate of drug-likeness (QED) is 0.572. The SMILES string of the molecule is CC[C@H](CNC(=O)[C@@H](C)OC(=O)c1cc(C(C)=O)cn1C)c1ccccc1. The van der Waals surface area contributed by atoms with Gasteiger partial charge in [-0.3, -0.25) is 9.59 Å². The van der Waals surface area contributed by atoms with Crippen LogP contribution in [0.1, 0.15) is 59.5 Å². The number of aryl methyl sites for hydroxylation is 1. The number of ether oxygens (including phenoxy) is 1. The molecule has 0 bridgehead atoms. The van der Waals surface area contributed by atoms with Crippen molar-refractivity contribution in [2.75, 3.05) is 6.54 Å². The average Bonchev–Trinajstić information content (AvgIpc) is 3.05. The fraction of sp³-hybridized carbons (Fsp3) is 0.381. The van der Waals surface area contributed by atoms with Crippen molar-refractivity contribution in [3.8, 4) is 0 Å². The Labute approximate surface area is 159 Å². The van der Waals surface area contributed by atoms with Gasteiger partial charge < -0.3 is 14.6 Å². The monoisotopic (exact) mass is 370 g/mol. The van der Waals surface area contributed by atoms with Gasteiger partial charge in [0.1, 0.15) is 5.69 Å². The number of benzene rings is 1. The van der Waals surface area contributed by atoms with E-state index in [-0.39, 0.29) is 23.3 Å². The van der Waals surface area contributed by atoms with E-state index in [2.05, 4.69) is 12.2 Å². The molecule has 2 rings (SSSR count). The second-order valence-electron chi connectivity index (χ2n) is 6.59. The largest absolute Gasteiger partial charge is 0.448 e.